The summed E-state index contributed by atoms with van der Waals surface area (Å²) in [6.45, 7) is 16.2. The molecule has 3 aliphatic rings. The van der Waals surface area contributed by atoms with E-state index in [9.17, 15) is 14.4 Å². The molecule has 5 nitrogen and oxygen atoms in total. The van der Waals surface area contributed by atoms with Crippen LogP contribution in [0.2, 0.25) is 50.4 Å². The lowest BCUT2D eigenvalue weighted by atomic mass is 9.76. The number of rotatable bonds is 5. The largest absolute Gasteiger partial charge is 0.328 e. The molecule has 5 rings (SSSR count). The summed E-state index contributed by atoms with van der Waals surface area (Å²) in [4.78, 5) is 46.2. The number of carbonyl (C=O) groups excluding carboxylic acids is 3. The van der Waals surface area contributed by atoms with E-state index >= 15 is 0 Å². The lowest BCUT2D eigenvalue weighted by molar-refractivity contribution is -0.127. The van der Waals surface area contributed by atoms with Gasteiger partial charge < -0.3 is 4.90 Å². The number of para-hydroxylation sites is 1. The molecule has 0 spiro atoms. The summed E-state index contributed by atoms with van der Waals surface area (Å²) in [6.07, 6.45) is 0. The Morgan fingerprint density at radius 3 is 1.73 bits per heavy atom. The predicted molar refractivity (Wildman–Crippen MR) is 154 cm³/mol. The minimum atomic E-state index is -2.09. The van der Waals surface area contributed by atoms with Gasteiger partial charge in [0.05, 0.1) is 39.7 Å². The number of fused-ring (bicyclic) bond motifs is 1. The molecule has 5 atom stereocenters. The summed E-state index contributed by atoms with van der Waals surface area (Å²) in [5.74, 6) is -0.990. The second-order valence-electron chi connectivity index (χ2n) is 13.0. The number of amides is 3. The molecule has 37 heavy (non-hydrogen) atoms. The second kappa shape index (κ2) is 8.91. The van der Waals surface area contributed by atoms with Crippen LogP contribution in [0.15, 0.2) is 71.8 Å². The minimum Gasteiger partial charge on any atom is -0.328 e. The van der Waals surface area contributed by atoms with Crippen LogP contribution < -0.4 is 4.90 Å². The Balaban J connectivity index is 1.66. The fraction of sp³-hybridized carbons (Fsp3) is 0.433. The van der Waals surface area contributed by atoms with Crippen molar-refractivity contribution < 1.29 is 14.4 Å². The molecule has 194 valence electrons. The normalized spacial score (nSPS) is 27.1. The SMILES string of the molecule is C[C@H](c1ccccc1)N1CC2=C(C1=O)[C@H]([Si](C)(C)C)[C@@H]1C(=O)N(c3ccccc3)C(=O)[C@@H]1[C@@H]2[Si](C)(C)C. The molecule has 1 saturated heterocycles. The number of carbonyl (C=O) groups is 3. The number of hydrogen-bond acceptors (Lipinski definition) is 3. The van der Waals surface area contributed by atoms with Gasteiger partial charge in [-0.25, -0.2) is 0 Å². The maximum Gasteiger partial charge on any atom is 0.250 e. The summed E-state index contributed by atoms with van der Waals surface area (Å²) in [6, 6.07) is 19.4. The van der Waals surface area contributed by atoms with E-state index in [0.717, 1.165) is 16.7 Å². The number of imide groups is 1. The third-order valence-corrected chi connectivity index (χ3v) is 13.7. The van der Waals surface area contributed by atoms with E-state index in [0.29, 0.717) is 12.2 Å². The van der Waals surface area contributed by atoms with Crippen molar-refractivity contribution in [1.82, 2.24) is 4.90 Å². The van der Waals surface area contributed by atoms with Crippen LogP contribution in [-0.4, -0.2) is 45.3 Å². The van der Waals surface area contributed by atoms with Gasteiger partial charge in [0.2, 0.25) is 11.8 Å². The van der Waals surface area contributed by atoms with E-state index in [1.807, 2.05) is 53.4 Å². The summed E-state index contributed by atoms with van der Waals surface area (Å²) >= 11 is 0. The van der Waals surface area contributed by atoms with Crippen molar-refractivity contribution in [1.29, 1.82) is 0 Å². The van der Waals surface area contributed by atoms with E-state index in [-0.39, 0.29) is 34.8 Å². The minimum absolute atomic E-state index is 0.0396. The Morgan fingerprint density at radius 1 is 0.730 bits per heavy atom. The van der Waals surface area contributed by atoms with Crippen molar-refractivity contribution in [3.63, 3.8) is 0 Å². The van der Waals surface area contributed by atoms with Crippen molar-refractivity contribution >= 4 is 39.6 Å². The molecule has 7 heteroatoms. The zero-order valence-electron chi connectivity index (χ0n) is 23.0. The topological polar surface area (TPSA) is 57.7 Å². The van der Waals surface area contributed by atoms with Gasteiger partial charge in [-0.3, -0.25) is 19.3 Å². The molecule has 0 aromatic heterocycles. The third kappa shape index (κ3) is 4.07. The van der Waals surface area contributed by atoms with Crippen molar-refractivity contribution in [2.45, 2.75) is 63.3 Å². The van der Waals surface area contributed by atoms with Gasteiger partial charge in [0.15, 0.2) is 0 Å². The van der Waals surface area contributed by atoms with Gasteiger partial charge in [0.1, 0.15) is 0 Å². The van der Waals surface area contributed by atoms with Crippen LogP contribution in [-0.2, 0) is 14.4 Å². The average Bonchev–Trinajstić information content (AvgIpc) is 3.30. The molecule has 2 aromatic carbocycles. The van der Waals surface area contributed by atoms with Crippen molar-refractivity contribution in [2.75, 3.05) is 11.4 Å². The Labute approximate surface area is 222 Å². The van der Waals surface area contributed by atoms with Gasteiger partial charge in [0, 0.05) is 12.1 Å². The summed E-state index contributed by atoms with van der Waals surface area (Å²) < 4.78 is 0. The number of benzene rings is 2. The number of anilines is 1. The highest BCUT2D eigenvalue weighted by Gasteiger charge is 2.65. The molecule has 1 aliphatic carbocycles. The zero-order valence-corrected chi connectivity index (χ0v) is 25.0. The van der Waals surface area contributed by atoms with Crippen molar-refractivity contribution in [2.24, 2.45) is 11.8 Å². The summed E-state index contributed by atoms with van der Waals surface area (Å²) in [5, 5.41) is 0. The van der Waals surface area contributed by atoms with Gasteiger partial charge >= 0.3 is 0 Å². The molecule has 1 fully saturated rings. The first-order valence-corrected chi connectivity index (χ1v) is 20.5. The van der Waals surface area contributed by atoms with Gasteiger partial charge in [-0.05, 0) is 41.3 Å². The summed E-state index contributed by atoms with van der Waals surface area (Å²) in [5.41, 5.74) is 3.55. The molecule has 0 N–H and O–H groups in total. The van der Waals surface area contributed by atoms with Gasteiger partial charge in [-0.1, -0.05) is 87.8 Å². The highest BCUT2D eigenvalue weighted by Crippen LogP contribution is 2.61. The van der Waals surface area contributed by atoms with Crippen LogP contribution in [0, 0.1) is 11.8 Å². The van der Waals surface area contributed by atoms with Crippen LogP contribution in [0.1, 0.15) is 18.5 Å². The molecular formula is C30H38N2O3Si2. The van der Waals surface area contributed by atoms with Gasteiger partial charge in [-0.2, -0.15) is 0 Å². The first-order chi connectivity index (χ1) is 17.3. The van der Waals surface area contributed by atoms with Crippen LogP contribution in [0.5, 0.6) is 0 Å². The molecule has 0 saturated carbocycles. The van der Waals surface area contributed by atoms with Crippen molar-refractivity contribution in [3.8, 4) is 0 Å². The Kier molecular flexibility index (Phi) is 6.23. The van der Waals surface area contributed by atoms with Crippen LogP contribution in [0.4, 0.5) is 5.69 Å². The molecule has 0 bridgehead atoms. The predicted octanol–water partition coefficient (Wildman–Crippen LogP) is 6.12. The van der Waals surface area contributed by atoms with Crippen LogP contribution >= 0.6 is 0 Å². The fourth-order valence-corrected chi connectivity index (χ4v) is 12.5. The summed E-state index contributed by atoms with van der Waals surface area (Å²) in [7, 11) is -4.11. The van der Waals surface area contributed by atoms with E-state index in [1.54, 1.807) is 0 Å². The molecule has 2 aromatic rings. The molecular weight excluding hydrogens is 493 g/mol. The Bertz CT molecular complexity index is 1280. The average molecular weight is 531 g/mol. The van der Waals surface area contributed by atoms with E-state index in [1.165, 1.54) is 4.90 Å². The standard InChI is InChI=1S/C30H38N2O3Si2/c1-19(20-14-10-8-11-15-20)31-18-22-23(28(31)33)27(37(5,6)7)25-24(26(22)36(2,3)4)29(34)32(30(25)35)21-16-12-9-13-17-21/h8-17,19,24-27H,18H2,1-7H3/t19-,24+,25-,26-,27+/m1/s1. The maximum absolute atomic E-state index is 14.3. The maximum atomic E-state index is 14.3. The molecule has 0 radical (unpaired) electrons. The second-order valence-corrected chi connectivity index (χ2v) is 23.8. The Morgan fingerprint density at radius 2 is 1.22 bits per heavy atom. The van der Waals surface area contributed by atoms with E-state index in [2.05, 4.69) is 58.3 Å². The number of hydrogen-bond donors (Lipinski definition) is 0. The van der Waals surface area contributed by atoms with Gasteiger partial charge in [-0.15, -0.1) is 0 Å². The molecule has 0 unspecified atom stereocenters. The first kappa shape index (κ1) is 25.9. The lowest BCUT2D eigenvalue weighted by Crippen LogP contribution is -2.49. The van der Waals surface area contributed by atoms with Crippen LogP contribution in [0.25, 0.3) is 0 Å². The lowest BCUT2D eigenvalue weighted by Gasteiger charge is -2.46. The monoisotopic (exact) mass is 530 g/mol. The first-order valence-electron chi connectivity index (χ1n) is 13.4. The highest BCUT2D eigenvalue weighted by atomic mass is 28.3. The quantitative estimate of drug-likeness (QED) is 0.346. The van der Waals surface area contributed by atoms with E-state index in [4.69, 9.17) is 0 Å². The third-order valence-electron chi connectivity index (χ3n) is 8.61. The van der Waals surface area contributed by atoms with Crippen LogP contribution in [0.3, 0.4) is 0 Å². The van der Waals surface area contributed by atoms with Crippen molar-refractivity contribution in [3.05, 3.63) is 77.4 Å². The Hall–Kier alpha value is -2.78. The molecule has 3 amide bonds. The molecule has 2 aliphatic heterocycles. The number of nitrogens with zero attached hydrogens (tertiary/aromatic N) is 2. The van der Waals surface area contributed by atoms with E-state index < -0.39 is 28.0 Å². The smallest absolute Gasteiger partial charge is 0.250 e. The molecule has 2 heterocycles. The highest BCUT2D eigenvalue weighted by molar-refractivity contribution is 6.80. The fourth-order valence-electron chi connectivity index (χ4n) is 7.13. The van der Waals surface area contributed by atoms with Gasteiger partial charge in [0.25, 0.3) is 5.91 Å². The zero-order chi connectivity index (χ0) is 26.9.